The molecule has 0 spiro atoms. The zero-order chi connectivity index (χ0) is 26.3. The van der Waals surface area contributed by atoms with Gasteiger partial charge in [-0.3, -0.25) is 0 Å². The summed E-state index contributed by atoms with van der Waals surface area (Å²) in [6.45, 7) is 13.2. The van der Waals surface area contributed by atoms with Crippen molar-refractivity contribution < 1.29 is 14.2 Å². The minimum absolute atomic E-state index is 0.0762. The monoisotopic (exact) mass is 500 g/mol. The maximum atomic E-state index is 6.63. The van der Waals surface area contributed by atoms with Crippen LogP contribution in [0, 0.1) is 20.8 Å². The molecule has 5 heteroatoms. The van der Waals surface area contributed by atoms with Gasteiger partial charge in [0.1, 0.15) is 11.4 Å². The molecule has 1 saturated heterocycles. The van der Waals surface area contributed by atoms with Crippen LogP contribution in [0.15, 0.2) is 48.5 Å². The zero-order valence-electron chi connectivity index (χ0n) is 23.3. The summed E-state index contributed by atoms with van der Waals surface area (Å²) in [6.07, 6.45) is 2.22. The van der Waals surface area contributed by atoms with Crippen LogP contribution in [0.2, 0.25) is 0 Å². The molecule has 1 N–H and O–H groups in total. The number of hydrogen-bond donors (Lipinski definition) is 1. The molecule has 3 aromatic rings. The number of ether oxygens (including phenoxy) is 3. The molecule has 196 valence electrons. The van der Waals surface area contributed by atoms with Crippen molar-refractivity contribution in [2.75, 3.05) is 37.5 Å². The van der Waals surface area contributed by atoms with Crippen molar-refractivity contribution in [1.82, 2.24) is 0 Å². The van der Waals surface area contributed by atoms with Crippen molar-refractivity contribution in [2.45, 2.75) is 65.0 Å². The van der Waals surface area contributed by atoms with E-state index in [9.17, 15) is 0 Å². The van der Waals surface area contributed by atoms with E-state index < -0.39 is 0 Å². The lowest BCUT2D eigenvalue weighted by atomic mass is 9.85. The molecule has 5 nitrogen and oxygen atoms in total. The van der Waals surface area contributed by atoms with Crippen LogP contribution in [-0.2, 0) is 0 Å². The van der Waals surface area contributed by atoms with Gasteiger partial charge < -0.3 is 24.4 Å². The molecule has 37 heavy (non-hydrogen) atoms. The second-order valence-corrected chi connectivity index (χ2v) is 11.0. The fourth-order valence-corrected chi connectivity index (χ4v) is 6.24. The van der Waals surface area contributed by atoms with E-state index >= 15 is 0 Å². The molecule has 5 rings (SSSR count). The molecule has 2 aliphatic heterocycles. The quantitative estimate of drug-likeness (QED) is 0.384. The van der Waals surface area contributed by atoms with Gasteiger partial charge in [-0.2, -0.15) is 0 Å². The molecule has 0 aromatic heterocycles. The molecule has 0 radical (unpaired) electrons. The maximum Gasteiger partial charge on any atom is 0.160 e. The molecule has 2 heterocycles. The van der Waals surface area contributed by atoms with Gasteiger partial charge in [-0.05, 0) is 99.9 Å². The Morgan fingerprint density at radius 2 is 1.54 bits per heavy atom. The van der Waals surface area contributed by atoms with Gasteiger partial charge in [-0.25, -0.2) is 0 Å². The van der Waals surface area contributed by atoms with E-state index in [1.165, 1.54) is 33.5 Å². The summed E-state index contributed by atoms with van der Waals surface area (Å²) in [5.74, 6) is 3.16. The second kappa shape index (κ2) is 9.85. The van der Waals surface area contributed by atoms with Gasteiger partial charge in [-0.1, -0.05) is 24.3 Å². The van der Waals surface area contributed by atoms with Crippen LogP contribution in [0.1, 0.15) is 66.5 Å². The van der Waals surface area contributed by atoms with Crippen molar-refractivity contribution >= 4 is 11.4 Å². The third-order valence-corrected chi connectivity index (χ3v) is 8.39. The number of methoxy groups -OCH3 is 2. The van der Waals surface area contributed by atoms with Gasteiger partial charge in [0.15, 0.2) is 11.5 Å². The standard InChI is InChI=1S/C32H40N2O3/c1-20-21(2)30-28(31(32(4,5)37-30)33-25-11-9-8-10-12-25)22(3)29(20)34-17-15-23(16-18-34)24-13-14-26(35-6)27(19-24)36-7/h8-14,19,23,31,33H,15-18H2,1-7H3. The number of rotatable bonds is 6. The van der Waals surface area contributed by atoms with Gasteiger partial charge in [0.25, 0.3) is 0 Å². The van der Waals surface area contributed by atoms with Gasteiger partial charge in [0.2, 0.25) is 0 Å². The molecule has 0 aliphatic carbocycles. The average Bonchev–Trinajstić information content (AvgIpc) is 3.18. The number of para-hydroxylation sites is 1. The Morgan fingerprint density at radius 1 is 0.865 bits per heavy atom. The summed E-state index contributed by atoms with van der Waals surface area (Å²) in [4.78, 5) is 2.60. The second-order valence-electron chi connectivity index (χ2n) is 11.0. The van der Waals surface area contributed by atoms with Gasteiger partial charge in [0.05, 0.1) is 20.3 Å². The normalized spacial score (nSPS) is 18.8. The average molecular weight is 501 g/mol. The lowest BCUT2D eigenvalue weighted by Gasteiger charge is -2.37. The molecule has 3 aromatic carbocycles. The van der Waals surface area contributed by atoms with E-state index in [2.05, 4.69) is 87.3 Å². The first-order chi connectivity index (χ1) is 17.7. The van der Waals surface area contributed by atoms with Crippen molar-refractivity contribution in [2.24, 2.45) is 0 Å². The predicted molar refractivity (Wildman–Crippen MR) is 152 cm³/mol. The van der Waals surface area contributed by atoms with Gasteiger partial charge >= 0.3 is 0 Å². The highest BCUT2D eigenvalue weighted by atomic mass is 16.5. The minimum Gasteiger partial charge on any atom is -0.493 e. The molecule has 1 unspecified atom stereocenters. The first kappa shape index (κ1) is 25.3. The molecular formula is C32H40N2O3. The summed E-state index contributed by atoms with van der Waals surface area (Å²) in [5.41, 5.74) is 8.70. The highest BCUT2D eigenvalue weighted by Crippen LogP contribution is 2.52. The summed E-state index contributed by atoms with van der Waals surface area (Å²) in [6, 6.07) is 16.9. The highest BCUT2D eigenvalue weighted by molar-refractivity contribution is 5.72. The minimum atomic E-state index is -0.348. The molecular weight excluding hydrogens is 460 g/mol. The van der Waals surface area contributed by atoms with E-state index in [1.54, 1.807) is 14.2 Å². The van der Waals surface area contributed by atoms with Crippen molar-refractivity contribution in [3.05, 3.63) is 76.3 Å². The lowest BCUT2D eigenvalue weighted by Crippen LogP contribution is -2.35. The first-order valence-corrected chi connectivity index (χ1v) is 13.4. The van der Waals surface area contributed by atoms with Crippen LogP contribution in [0.3, 0.4) is 0 Å². The van der Waals surface area contributed by atoms with Crippen LogP contribution >= 0.6 is 0 Å². The SMILES string of the molecule is COc1ccc(C2CCN(c3c(C)c(C)c4c(c3C)C(Nc3ccccc3)C(C)(C)O4)CC2)cc1OC. The van der Waals surface area contributed by atoms with E-state index in [0.717, 1.165) is 48.9 Å². The number of anilines is 2. The summed E-state index contributed by atoms with van der Waals surface area (Å²) < 4.78 is 17.6. The molecule has 2 aliphatic rings. The third kappa shape index (κ3) is 4.49. The van der Waals surface area contributed by atoms with Crippen LogP contribution in [0.4, 0.5) is 11.4 Å². The Balaban J connectivity index is 1.43. The number of benzene rings is 3. The van der Waals surface area contributed by atoms with Crippen LogP contribution in [0.25, 0.3) is 0 Å². The van der Waals surface area contributed by atoms with E-state index in [4.69, 9.17) is 14.2 Å². The highest BCUT2D eigenvalue weighted by Gasteiger charge is 2.44. The summed E-state index contributed by atoms with van der Waals surface area (Å²) >= 11 is 0. The number of hydrogen-bond acceptors (Lipinski definition) is 5. The Hall–Kier alpha value is -3.34. The Kier molecular flexibility index (Phi) is 6.74. The largest absolute Gasteiger partial charge is 0.493 e. The fourth-order valence-electron chi connectivity index (χ4n) is 6.24. The smallest absolute Gasteiger partial charge is 0.160 e. The maximum absolute atomic E-state index is 6.63. The molecule has 0 amide bonds. The number of nitrogens with one attached hydrogen (secondary N) is 1. The van der Waals surface area contributed by atoms with Crippen molar-refractivity contribution in [3.63, 3.8) is 0 Å². The Bertz CT molecular complexity index is 1280. The number of piperidine rings is 1. The fraction of sp³-hybridized carbons (Fsp3) is 0.438. The molecule has 1 fully saturated rings. The predicted octanol–water partition coefficient (Wildman–Crippen LogP) is 7.34. The van der Waals surface area contributed by atoms with Gasteiger partial charge in [-0.15, -0.1) is 0 Å². The van der Waals surface area contributed by atoms with Crippen molar-refractivity contribution in [1.29, 1.82) is 0 Å². The zero-order valence-corrected chi connectivity index (χ0v) is 23.3. The van der Waals surface area contributed by atoms with Crippen LogP contribution in [0.5, 0.6) is 17.2 Å². The van der Waals surface area contributed by atoms with Crippen LogP contribution in [-0.4, -0.2) is 32.9 Å². The summed E-state index contributed by atoms with van der Waals surface area (Å²) in [7, 11) is 3.39. The van der Waals surface area contributed by atoms with Gasteiger partial charge in [0, 0.05) is 30.0 Å². The summed E-state index contributed by atoms with van der Waals surface area (Å²) in [5, 5.41) is 3.79. The topological polar surface area (TPSA) is 43.0 Å². The van der Waals surface area contributed by atoms with Crippen LogP contribution < -0.4 is 24.4 Å². The van der Waals surface area contributed by atoms with Crippen molar-refractivity contribution in [3.8, 4) is 17.2 Å². The first-order valence-electron chi connectivity index (χ1n) is 13.4. The Labute approximate surface area is 221 Å². The number of fused-ring (bicyclic) bond motifs is 1. The van der Waals surface area contributed by atoms with E-state index in [-0.39, 0.29) is 11.6 Å². The Morgan fingerprint density at radius 3 is 2.19 bits per heavy atom. The molecule has 0 saturated carbocycles. The third-order valence-electron chi connectivity index (χ3n) is 8.39. The van der Waals surface area contributed by atoms with E-state index in [1.807, 2.05) is 6.07 Å². The molecule has 0 bridgehead atoms. The number of nitrogens with zero attached hydrogens (tertiary/aromatic N) is 1. The lowest BCUT2D eigenvalue weighted by molar-refractivity contribution is 0.117. The molecule has 1 atom stereocenters. The van der Waals surface area contributed by atoms with E-state index in [0.29, 0.717) is 5.92 Å².